The zero-order chi connectivity index (χ0) is 21.6. The number of hydrogen-bond donors (Lipinski definition) is 1. The molecular formula is C21H23F3N2O4. The van der Waals surface area contributed by atoms with E-state index in [0.29, 0.717) is 37.2 Å². The molecule has 0 aliphatic carbocycles. The Labute approximate surface area is 172 Å². The lowest BCUT2D eigenvalue weighted by molar-refractivity contribution is -0.176. The number of nitrogens with zero attached hydrogens (tertiary/aromatic N) is 1. The molecule has 1 aromatic heterocycles. The average Bonchev–Trinajstić information content (AvgIpc) is 3.26. The van der Waals surface area contributed by atoms with Gasteiger partial charge in [-0.1, -0.05) is 24.3 Å². The van der Waals surface area contributed by atoms with Gasteiger partial charge in [-0.2, -0.15) is 13.2 Å². The third kappa shape index (κ3) is 6.35. The van der Waals surface area contributed by atoms with Gasteiger partial charge in [0.25, 0.3) is 5.91 Å². The summed E-state index contributed by atoms with van der Waals surface area (Å²) in [6.45, 7) is -0.160. The highest BCUT2D eigenvalue weighted by Gasteiger charge is 2.29. The lowest BCUT2D eigenvalue weighted by atomic mass is 9.96. The van der Waals surface area contributed by atoms with Crippen LogP contribution in [0.4, 0.5) is 13.2 Å². The first-order valence-electron chi connectivity index (χ1n) is 9.63. The number of piperidine rings is 1. The van der Waals surface area contributed by atoms with Crippen molar-refractivity contribution in [2.75, 3.05) is 19.7 Å². The number of carbonyl (C=O) groups is 2. The standard InChI is InChI=1S/C21H23F3N2O4/c22-21(23,24)14-30-12-16-5-3-15(4-6-16)10-25-19(27)17-2-1-8-26(11-17)20(28)18-7-9-29-13-18/h3-7,9,13,17H,1-2,8,10-12,14H2,(H,25,27). The molecule has 1 atom stereocenters. The van der Waals surface area contributed by atoms with Crippen molar-refractivity contribution in [3.05, 3.63) is 59.5 Å². The molecule has 30 heavy (non-hydrogen) atoms. The van der Waals surface area contributed by atoms with Crippen LogP contribution in [0.3, 0.4) is 0 Å². The average molecular weight is 424 g/mol. The van der Waals surface area contributed by atoms with E-state index in [1.807, 2.05) is 0 Å². The Morgan fingerprint density at radius 1 is 1.17 bits per heavy atom. The molecule has 1 unspecified atom stereocenters. The first kappa shape index (κ1) is 21.9. The van der Waals surface area contributed by atoms with Gasteiger partial charge in [-0.05, 0) is 30.0 Å². The van der Waals surface area contributed by atoms with E-state index in [0.717, 1.165) is 12.0 Å². The van der Waals surface area contributed by atoms with Gasteiger partial charge in [0.2, 0.25) is 5.91 Å². The predicted octanol–water partition coefficient (Wildman–Crippen LogP) is 3.53. The maximum absolute atomic E-state index is 12.5. The summed E-state index contributed by atoms with van der Waals surface area (Å²) >= 11 is 0. The number of alkyl halides is 3. The van der Waals surface area contributed by atoms with Gasteiger partial charge in [-0.15, -0.1) is 0 Å². The summed E-state index contributed by atoms with van der Waals surface area (Å²) in [4.78, 5) is 26.6. The number of ether oxygens (including phenoxy) is 1. The van der Waals surface area contributed by atoms with Gasteiger partial charge in [0.15, 0.2) is 0 Å². The van der Waals surface area contributed by atoms with Crippen molar-refractivity contribution < 1.29 is 31.9 Å². The first-order chi connectivity index (χ1) is 14.3. The van der Waals surface area contributed by atoms with Crippen molar-refractivity contribution in [1.82, 2.24) is 10.2 Å². The van der Waals surface area contributed by atoms with E-state index in [1.165, 1.54) is 12.5 Å². The zero-order valence-electron chi connectivity index (χ0n) is 16.3. The molecule has 9 heteroatoms. The summed E-state index contributed by atoms with van der Waals surface area (Å²) < 4.78 is 45.9. The van der Waals surface area contributed by atoms with E-state index in [-0.39, 0.29) is 24.3 Å². The Morgan fingerprint density at radius 2 is 1.90 bits per heavy atom. The lowest BCUT2D eigenvalue weighted by Crippen LogP contribution is -2.45. The summed E-state index contributed by atoms with van der Waals surface area (Å²) in [5, 5.41) is 2.87. The molecule has 2 aromatic rings. The van der Waals surface area contributed by atoms with Crippen LogP contribution in [0.2, 0.25) is 0 Å². The van der Waals surface area contributed by atoms with Gasteiger partial charge in [0.05, 0.1) is 24.4 Å². The molecule has 162 valence electrons. The van der Waals surface area contributed by atoms with Crippen LogP contribution in [0, 0.1) is 5.92 Å². The van der Waals surface area contributed by atoms with Crippen molar-refractivity contribution in [2.45, 2.75) is 32.2 Å². The maximum Gasteiger partial charge on any atom is 0.411 e. The molecule has 0 saturated carbocycles. The van der Waals surface area contributed by atoms with Crippen LogP contribution in [0.5, 0.6) is 0 Å². The van der Waals surface area contributed by atoms with Crippen LogP contribution in [-0.4, -0.2) is 42.6 Å². The monoisotopic (exact) mass is 424 g/mol. The van der Waals surface area contributed by atoms with E-state index in [2.05, 4.69) is 10.1 Å². The summed E-state index contributed by atoms with van der Waals surface area (Å²) in [5.41, 5.74) is 1.91. The Kier molecular flexibility index (Phi) is 7.15. The molecule has 0 radical (unpaired) electrons. The zero-order valence-corrected chi connectivity index (χ0v) is 16.3. The fourth-order valence-electron chi connectivity index (χ4n) is 3.32. The molecule has 1 aliphatic heterocycles. The van der Waals surface area contributed by atoms with Crippen LogP contribution in [0.25, 0.3) is 0 Å². The number of rotatable bonds is 7. The fourth-order valence-corrected chi connectivity index (χ4v) is 3.32. The van der Waals surface area contributed by atoms with E-state index >= 15 is 0 Å². The molecule has 6 nitrogen and oxygen atoms in total. The molecule has 1 N–H and O–H groups in total. The molecule has 1 saturated heterocycles. The van der Waals surface area contributed by atoms with Crippen LogP contribution >= 0.6 is 0 Å². The SMILES string of the molecule is O=C(NCc1ccc(COCC(F)(F)F)cc1)C1CCCN(C(=O)c2ccoc2)C1. The Bertz CT molecular complexity index is 835. The number of halogens is 3. The van der Waals surface area contributed by atoms with Crippen molar-refractivity contribution >= 4 is 11.8 Å². The van der Waals surface area contributed by atoms with Crippen molar-refractivity contribution in [1.29, 1.82) is 0 Å². The number of hydrogen-bond acceptors (Lipinski definition) is 4. The normalized spacial score (nSPS) is 17.0. The second-order valence-electron chi connectivity index (χ2n) is 7.24. The quantitative estimate of drug-likeness (QED) is 0.738. The summed E-state index contributed by atoms with van der Waals surface area (Å²) in [6, 6.07) is 8.42. The van der Waals surface area contributed by atoms with Crippen LogP contribution < -0.4 is 5.32 Å². The number of nitrogens with one attached hydrogen (secondary N) is 1. The second kappa shape index (κ2) is 9.80. The fraction of sp³-hybridized carbons (Fsp3) is 0.429. The van der Waals surface area contributed by atoms with Gasteiger partial charge < -0.3 is 19.4 Å². The summed E-state index contributed by atoms with van der Waals surface area (Å²) in [6.07, 6.45) is -0.0637. The molecule has 3 rings (SSSR count). The minimum Gasteiger partial charge on any atom is -0.472 e. The van der Waals surface area contributed by atoms with E-state index in [4.69, 9.17) is 4.42 Å². The van der Waals surface area contributed by atoms with E-state index < -0.39 is 12.8 Å². The topological polar surface area (TPSA) is 71.8 Å². The minimum absolute atomic E-state index is 0.128. The second-order valence-corrected chi connectivity index (χ2v) is 7.24. The molecular weight excluding hydrogens is 401 g/mol. The lowest BCUT2D eigenvalue weighted by Gasteiger charge is -2.31. The largest absolute Gasteiger partial charge is 0.472 e. The van der Waals surface area contributed by atoms with Crippen molar-refractivity contribution in [3.63, 3.8) is 0 Å². The molecule has 0 spiro atoms. The Morgan fingerprint density at radius 3 is 2.57 bits per heavy atom. The Balaban J connectivity index is 1.45. The van der Waals surface area contributed by atoms with Crippen molar-refractivity contribution in [2.24, 2.45) is 5.92 Å². The van der Waals surface area contributed by atoms with Crippen molar-refractivity contribution in [3.8, 4) is 0 Å². The Hall–Kier alpha value is -2.81. The van der Waals surface area contributed by atoms with Gasteiger partial charge in [0, 0.05) is 19.6 Å². The van der Waals surface area contributed by atoms with Crippen LogP contribution in [0.1, 0.15) is 34.3 Å². The molecule has 2 amide bonds. The highest BCUT2D eigenvalue weighted by atomic mass is 19.4. The first-order valence-corrected chi connectivity index (χ1v) is 9.63. The molecule has 2 heterocycles. The number of carbonyl (C=O) groups excluding carboxylic acids is 2. The number of likely N-dealkylation sites (tertiary alicyclic amines) is 1. The molecule has 1 fully saturated rings. The van der Waals surface area contributed by atoms with Gasteiger partial charge in [0.1, 0.15) is 12.9 Å². The maximum atomic E-state index is 12.5. The van der Waals surface area contributed by atoms with Gasteiger partial charge in [-0.25, -0.2) is 0 Å². The highest BCUT2D eigenvalue weighted by molar-refractivity contribution is 5.94. The number of benzene rings is 1. The molecule has 1 aliphatic rings. The highest BCUT2D eigenvalue weighted by Crippen LogP contribution is 2.20. The predicted molar refractivity (Wildman–Crippen MR) is 101 cm³/mol. The van der Waals surface area contributed by atoms with Gasteiger partial charge >= 0.3 is 6.18 Å². The molecule has 0 bridgehead atoms. The smallest absolute Gasteiger partial charge is 0.411 e. The van der Waals surface area contributed by atoms with Crippen LogP contribution in [-0.2, 0) is 22.7 Å². The third-order valence-electron chi connectivity index (χ3n) is 4.87. The number of furan rings is 1. The number of amides is 2. The molecule has 1 aromatic carbocycles. The van der Waals surface area contributed by atoms with E-state index in [9.17, 15) is 22.8 Å². The summed E-state index contributed by atoms with van der Waals surface area (Å²) in [7, 11) is 0. The van der Waals surface area contributed by atoms with E-state index in [1.54, 1.807) is 35.2 Å². The van der Waals surface area contributed by atoms with Crippen LogP contribution in [0.15, 0.2) is 47.3 Å². The minimum atomic E-state index is -4.35. The van der Waals surface area contributed by atoms with Gasteiger partial charge in [-0.3, -0.25) is 9.59 Å². The summed E-state index contributed by atoms with van der Waals surface area (Å²) in [5.74, 6) is -0.563. The third-order valence-corrected chi connectivity index (χ3v) is 4.87.